The molecular weight excluding hydrogens is 326 g/mol. The normalized spacial score (nSPS) is 14.9. The zero-order valence-corrected chi connectivity index (χ0v) is 14.5. The summed E-state index contributed by atoms with van der Waals surface area (Å²) in [5.41, 5.74) is 7.93. The second kappa shape index (κ2) is 9.04. The van der Waals surface area contributed by atoms with Crippen molar-refractivity contribution >= 4 is 11.6 Å². The van der Waals surface area contributed by atoms with Crippen LogP contribution in [0.1, 0.15) is 24.2 Å². The van der Waals surface area contributed by atoms with E-state index in [-0.39, 0.29) is 12.5 Å². The summed E-state index contributed by atoms with van der Waals surface area (Å²) in [5, 5.41) is 19.9. The van der Waals surface area contributed by atoms with Crippen molar-refractivity contribution in [2.24, 2.45) is 11.7 Å². The van der Waals surface area contributed by atoms with Crippen LogP contribution in [0, 0.1) is 5.92 Å². The Labute approximate surface area is 147 Å². The SMILES string of the molecule is CC(COc1ccc(CCO)cc1)C(N)C(O)c1cccc(Cl)c1. The largest absolute Gasteiger partial charge is 0.493 e. The molecule has 2 aromatic carbocycles. The van der Waals surface area contributed by atoms with Gasteiger partial charge in [0.05, 0.1) is 12.7 Å². The van der Waals surface area contributed by atoms with Crippen LogP contribution in [0.2, 0.25) is 5.02 Å². The fourth-order valence-corrected chi connectivity index (χ4v) is 2.64. The molecule has 130 valence electrons. The van der Waals surface area contributed by atoms with Crippen LogP contribution in [0.3, 0.4) is 0 Å². The maximum absolute atomic E-state index is 10.4. The molecule has 0 amide bonds. The maximum Gasteiger partial charge on any atom is 0.119 e. The summed E-state index contributed by atoms with van der Waals surface area (Å²) >= 11 is 5.96. The number of halogens is 1. The molecule has 0 aliphatic heterocycles. The highest BCUT2D eigenvalue weighted by Gasteiger charge is 2.23. The van der Waals surface area contributed by atoms with Crippen LogP contribution in [0.15, 0.2) is 48.5 Å². The minimum atomic E-state index is -0.797. The molecule has 2 aromatic rings. The lowest BCUT2D eigenvalue weighted by atomic mass is 9.93. The second-order valence-corrected chi connectivity index (χ2v) is 6.42. The first-order valence-corrected chi connectivity index (χ1v) is 8.40. The lowest BCUT2D eigenvalue weighted by molar-refractivity contribution is 0.103. The standard InChI is InChI=1S/C19H24ClNO3/c1-13(12-24-17-7-5-14(6-8-17)9-10-22)18(21)19(23)15-3-2-4-16(20)11-15/h2-8,11,13,18-19,22-23H,9-10,12,21H2,1H3. The highest BCUT2D eigenvalue weighted by molar-refractivity contribution is 6.30. The van der Waals surface area contributed by atoms with Gasteiger partial charge in [-0.15, -0.1) is 0 Å². The number of benzene rings is 2. The molecule has 0 saturated carbocycles. The number of hydrogen-bond acceptors (Lipinski definition) is 4. The van der Waals surface area contributed by atoms with Crippen molar-refractivity contribution in [3.8, 4) is 5.75 Å². The van der Waals surface area contributed by atoms with Gasteiger partial charge in [0.1, 0.15) is 5.75 Å². The van der Waals surface area contributed by atoms with Gasteiger partial charge in [-0.1, -0.05) is 42.8 Å². The number of hydrogen-bond donors (Lipinski definition) is 3. The Hall–Kier alpha value is -1.59. The van der Waals surface area contributed by atoms with E-state index in [0.717, 1.165) is 11.3 Å². The molecule has 3 atom stereocenters. The highest BCUT2D eigenvalue weighted by Crippen LogP contribution is 2.24. The fraction of sp³-hybridized carbons (Fsp3) is 0.368. The molecule has 0 fully saturated rings. The van der Waals surface area contributed by atoms with Crippen LogP contribution in [-0.2, 0) is 6.42 Å². The van der Waals surface area contributed by atoms with Gasteiger partial charge in [-0.3, -0.25) is 0 Å². The van der Waals surface area contributed by atoms with Gasteiger partial charge in [0.2, 0.25) is 0 Å². The summed E-state index contributed by atoms with van der Waals surface area (Å²) in [4.78, 5) is 0. The molecule has 4 N–H and O–H groups in total. The van der Waals surface area contributed by atoms with E-state index in [4.69, 9.17) is 27.2 Å². The van der Waals surface area contributed by atoms with E-state index in [1.807, 2.05) is 37.3 Å². The molecule has 0 aliphatic carbocycles. The van der Waals surface area contributed by atoms with E-state index in [2.05, 4.69) is 0 Å². The van der Waals surface area contributed by atoms with E-state index >= 15 is 0 Å². The molecule has 4 nitrogen and oxygen atoms in total. The van der Waals surface area contributed by atoms with Crippen LogP contribution in [0.4, 0.5) is 0 Å². The third kappa shape index (κ3) is 5.21. The van der Waals surface area contributed by atoms with Crippen LogP contribution < -0.4 is 10.5 Å². The van der Waals surface area contributed by atoms with Crippen LogP contribution >= 0.6 is 11.6 Å². The Morgan fingerprint density at radius 3 is 2.50 bits per heavy atom. The zero-order valence-electron chi connectivity index (χ0n) is 13.7. The maximum atomic E-state index is 10.4. The van der Waals surface area contributed by atoms with Gasteiger partial charge in [0.25, 0.3) is 0 Å². The molecule has 0 bridgehead atoms. The number of rotatable bonds is 8. The molecule has 0 aromatic heterocycles. The third-order valence-electron chi connectivity index (χ3n) is 4.05. The van der Waals surface area contributed by atoms with Crippen molar-refractivity contribution in [1.82, 2.24) is 0 Å². The average Bonchev–Trinajstić information content (AvgIpc) is 2.60. The van der Waals surface area contributed by atoms with Crippen LogP contribution in [0.25, 0.3) is 0 Å². The van der Waals surface area contributed by atoms with Gasteiger partial charge >= 0.3 is 0 Å². The molecular formula is C19H24ClNO3. The molecule has 5 heteroatoms. The molecule has 0 saturated heterocycles. The van der Waals surface area contributed by atoms with Crippen molar-refractivity contribution in [3.05, 3.63) is 64.7 Å². The van der Waals surface area contributed by atoms with E-state index in [9.17, 15) is 5.11 Å². The van der Waals surface area contributed by atoms with Gasteiger partial charge in [-0.25, -0.2) is 0 Å². The average molecular weight is 350 g/mol. The van der Waals surface area contributed by atoms with Gasteiger partial charge < -0.3 is 20.7 Å². The van der Waals surface area contributed by atoms with Crippen molar-refractivity contribution in [2.45, 2.75) is 25.5 Å². The number of nitrogens with two attached hydrogens (primary N) is 1. The topological polar surface area (TPSA) is 75.7 Å². The number of aliphatic hydroxyl groups excluding tert-OH is 2. The summed E-state index contributed by atoms with van der Waals surface area (Å²) in [7, 11) is 0. The van der Waals surface area contributed by atoms with Crippen LogP contribution in [-0.4, -0.2) is 29.5 Å². The Morgan fingerprint density at radius 1 is 1.17 bits per heavy atom. The summed E-state index contributed by atoms with van der Waals surface area (Å²) in [6.45, 7) is 2.48. The minimum Gasteiger partial charge on any atom is -0.493 e. The molecule has 3 unspecified atom stereocenters. The Kier molecular flexibility index (Phi) is 7.06. The highest BCUT2D eigenvalue weighted by atomic mass is 35.5. The summed E-state index contributed by atoms with van der Waals surface area (Å²) in [6, 6.07) is 14.2. The second-order valence-electron chi connectivity index (χ2n) is 5.98. The van der Waals surface area contributed by atoms with E-state index in [1.54, 1.807) is 18.2 Å². The minimum absolute atomic E-state index is 0.0453. The predicted molar refractivity (Wildman–Crippen MR) is 96.3 cm³/mol. The Balaban J connectivity index is 1.90. The lowest BCUT2D eigenvalue weighted by Crippen LogP contribution is -2.37. The van der Waals surface area contributed by atoms with Gasteiger partial charge in [0, 0.05) is 23.6 Å². The quantitative estimate of drug-likeness (QED) is 0.685. The first-order valence-electron chi connectivity index (χ1n) is 8.03. The number of ether oxygens (including phenoxy) is 1. The fourth-order valence-electron chi connectivity index (χ4n) is 2.44. The third-order valence-corrected chi connectivity index (χ3v) is 4.28. The van der Waals surface area contributed by atoms with Crippen molar-refractivity contribution in [3.63, 3.8) is 0 Å². The molecule has 0 heterocycles. The monoisotopic (exact) mass is 349 g/mol. The first kappa shape index (κ1) is 18.7. The van der Waals surface area contributed by atoms with Crippen molar-refractivity contribution in [1.29, 1.82) is 0 Å². The molecule has 24 heavy (non-hydrogen) atoms. The lowest BCUT2D eigenvalue weighted by Gasteiger charge is -2.25. The Bertz CT molecular complexity index is 633. The van der Waals surface area contributed by atoms with E-state index in [1.165, 1.54) is 0 Å². The Morgan fingerprint density at radius 2 is 1.88 bits per heavy atom. The van der Waals surface area contributed by atoms with Crippen molar-refractivity contribution < 1.29 is 14.9 Å². The summed E-state index contributed by atoms with van der Waals surface area (Å²) in [5.74, 6) is 0.698. The summed E-state index contributed by atoms with van der Waals surface area (Å²) in [6.07, 6.45) is -0.165. The molecule has 2 rings (SSSR count). The zero-order chi connectivity index (χ0) is 17.5. The van der Waals surface area contributed by atoms with E-state index in [0.29, 0.717) is 23.6 Å². The van der Waals surface area contributed by atoms with Gasteiger partial charge in [-0.05, 0) is 41.8 Å². The predicted octanol–water partition coefficient (Wildman–Crippen LogP) is 2.95. The van der Waals surface area contributed by atoms with E-state index < -0.39 is 12.1 Å². The first-order chi connectivity index (χ1) is 11.5. The molecule has 0 spiro atoms. The van der Waals surface area contributed by atoms with Gasteiger partial charge in [-0.2, -0.15) is 0 Å². The van der Waals surface area contributed by atoms with Crippen molar-refractivity contribution in [2.75, 3.05) is 13.2 Å². The van der Waals surface area contributed by atoms with Crippen LogP contribution in [0.5, 0.6) is 5.75 Å². The molecule has 0 aliphatic rings. The number of aliphatic hydroxyl groups is 2. The van der Waals surface area contributed by atoms with Gasteiger partial charge in [0.15, 0.2) is 0 Å². The smallest absolute Gasteiger partial charge is 0.119 e. The molecule has 0 radical (unpaired) electrons. The summed E-state index contributed by atoms with van der Waals surface area (Å²) < 4.78 is 5.75.